The Balaban J connectivity index is 2.03. The number of benzene rings is 1. The van der Waals surface area contributed by atoms with E-state index in [2.05, 4.69) is 0 Å². The molecule has 1 heterocycles. The molecule has 5 nitrogen and oxygen atoms in total. The van der Waals surface area contributed by atoms with Gasteiger partial charge in [0.15, 0.2) is 0 Å². The molecule has 2 amide bonds. The first-order chi connectivity index (χ1) is 10.0. The minimum Gasteiger partial charge on any atom is -0.465 e. The summed E-state index contributed by atoms with van der Waals surface area (Å²) >= 11 is 1.16. The van der Waals surface area contributed by atoms with Gasteiger partial charge in [0.25, 0.3) is 0 Å². The molecule has 1 aromatic carbocycles. The van der Waals surface area contributed by atoms with E-state index in [0.717, 1.165) is 17.3 Å². The minimum atomic E-state index is -0.511. The van der Waals surface area contributed by atoms with E-state index in [0.29, 0.717) is 12.3 Å². The maximum absolute atomic E-state index is 12.3. The van der Waals surface area contributed by atoms with Gasteiger partial charge in [-0.25, -0.2) is 4.90 Å². The summed E-state index contributed by atoms with van der Waals surface area (Å²) < 4.78 is 4.82. The van der Waals surface area contributed by atoms with Gasteiger partial charge in [-0.15, -0.1) is 11.8 Å². The Labute approximate surface area is 127 Å². The Bertz CT molecular complexity index is 555. The molecule has 112 valence electrons. The van der Waals surface area contributed by atoms with E-state index in [1.54, 1.807) is 19.1 Å². The summed E-state index contributed by atoms with van der Waals surface area (Å²) in [5, 5.41) is -0.511. The van der Waals surface area contributed by atoms with E-state index >= 15 is 0 Å². The van der Waals surface area contributed by atoms with E-state index in [-0.39, 0.29) is 30.0 Å². The van der Waals surface area contributed by atoms with Crippen molar-refractivity contribution in [2.24, 2.45) is 0 Å². The van der Waals surface area contributed by atoms with Crippen molar-refractivity contribution in [1.82, 2.24) is 0 Å². The van der Waals surface area contributed by atoms with E-state index < -0.39 is 5.25 Å². The number of amides is 2. The molecule has 6 heteroatoms. The molecule has 1 aromatic rings. The number of hydrogen-bond acceptors (Lipinski definition) is 5. The van der Waals surface area contributed by atoms with Gasteiger partial charge in [-0.1, -0.05) is 17.7 Å². The van der Waals surface area contributed by atoms with E-state index in [1.165, 1.54) is 4.90 Å². The number of carbonyl (C=O) groups is 3. The Morgan fingerprint density at radius 1 is 1.33 bits per heavy atom. The monoisotopic (exact) mass is 307 g/mol. The normalized spacial score (nSPS) is 18.2. The number of nitrogens with zero attached hydrogens (tertiary/aromatic N) is 1. The number of esters is 1. The molecule has 0 radical (unpaired) electrons. The second kappa shape index (κ2) is 6.76. The van der Waals surface area contributed by atoms with Gasteiger partial charge in [-0.3, -0.25) is 14.4 Å². The summed E-state index contributed by atoms with van der Waals surface area (Å²) in [7, 11) is 0. The first-order valence-corrected chi connectivity index (χ1v) is 7.78. The SMILES string of the molecule is CCOC(=O)CS[C@@H]1CC(=O)N(c2ccc(C)cc2)C1=O. The van der Waals surface area contributed by atoms with Crippen LogP contribution in [0.2, 0.25) is 0 Å². The summed E-state index contributed by atoms with van der Waals surface area (Å²) in [5.41, 5.74) is 1.64. The van der Waals surface area contributed by atoms with Crippen molar-refractivity contribution in [2.45, 2.75) is 25.5 Å². The van der Waals surface area contributed by atoms with Crippen molar-refractivity contribution in [3.63, 3.8) is 0 Å². The number of thioether (sulfide) groups is 1. The molecule has 1 saturated heterocycles. The molecule has 0 unspecified atom stereocenters. The van der Waals surface area contributed by atoms with Crippen molar-refractivity contribution < 1.29 is 19.1 Å². The third kappa shape index (κ3) is 3.64. The van der Waals surface area contributed by atoms with Crippen LogP contribution in [0.3, 0.4) is 0 Å². The molecule has 1 aliphatic heterocycles. The number of anilines is 1. The van der Waals surface area contributed by atoms with Crippen LogP contribution in [0.15, 0.2) is 24.3 Å². The Morgan fingerprint density at radius 2 is 2.00 bits per heavy atom. The number of aryl methyl sites for hydroxylation is 1. The largest absolute Gasteiger partial charge is 0.465 e. The van der Waals surface area contributed by atoms with Gasteiger partial charge >= 0.3 is 5.97 Å². The van der Waals surface area contributed by atoms with Crippen LogP contribution >= 0.6 is 11.8 Å². The molecule has 0 spiro atoms. The fourth-order valence-corrected chi connectivity index (χ4v) is 3.00. The van der Waals surface area contributed by atoms with Crippen molar-refractivity contribution >= 4 is 35.2 Å². The standard InChI is InChI=1S/C15H17NO4S/c1-3-20-14(18)9-21-12-8-13(17)16(15(12)19)11-6-4-10(2)5-7-11/h4-7,12H,3,8-9H2,1-2H3/t12-/m1/s1. The maximum Gasteiger partial charge on any atom is 0.315 e. The lowest BCUT2D eigenvalue weighted by molar-refractivity contribution is -0.139. The molecule has 21 heavy (non-hydrogen) atoms. The smallest absolute Gasteiger partial charge is 0.315 e. The lowest BCUT2D eigenvalue weighted by atomic mass is 10.2. The summed E-state index contributed by atoms with van der Waals surface area (Å²) in [6.45, 7) is 3.98. The first kappa shape index (κ1) is 15.6. The van der Waals surface area contributed by atoms with Crippen LogP contribution in [0.1, 0.15) is 18.9 Å². The molecule has 0 bridgehead atoms. The van der Waals surface area contributed by atoms with Crippen LogP contribution in [0.5, 0.6) is 0 Å². The third-order valence-corrected chi connectivity index (χ3v) is 4.28. The summed E-state index contributed by atoms with van der Waals surface area (Å²) in [5.74, 6) is -0.779. The minimum absolute atomic E-state index is 0.0826. The highest BCUT2D eigenvalue weighted by Gasteiger charge is 2.40. The van der Waals surface area contributed by atoms with Gasteiger partial charge in [0, 0.05) is 6.42 Å². The third-order valence-electron chi connectivity index (χ3n) is 3.11. The van der Waals surface area contributed by atoms with Crippen LogP contribution in [-0.2, 0) is 19.1 Å². The highest BCUT2D eigenvalue weighted by Crippen LogP contribution is 2.29. The molecule has 0 N–H and O–H groups in total. The average Bonchev–Trinajstić information content (AvgIpc) is 2.73. The molecule has 1 fully saturated rings. The predicted molar refractivity (Wildman–Crippen MR) is 81.2 cm³/mol. The van der Waals surface area contributed by atoms with Gasteiger partial charge < -0.3 is 4.74 Å². The van der Waals surface area contributed by atoms with E-state index in [1.807, 2.05) is 19.1 Å². The predicted octanol–water partition coefficient (Wildman–Crippen LogP) is 1.92. The molecule has 0 saturated carbocycles. The fraction of sp³-hybridized carbons (Fsp3) is 0.400. The van der Waals surface area contributed by atoms with Crippen LogP contribution in [-0.4, -0.2) is 35.4 Å². The van der Waals surface area contributed by atoms with Crippen LogP contribution in [0, 0.1) is 6.92 Å². The molecule has 1 aliphatic rings. The van der Waals surface area contributed by atoms with Crippen LogP contribution < -0.4 is 4.90 Å². The van der Waals surface area contributed by atoms with Crippen molar-refractivity contribution in [3.05, 3.63) is 29.8 Å². The number of rotatable bonds is 5. The Kier molecular flexibility index (Phi) is 5.01. The van der Waals surface area contributed by atoms with Gasteiger partial charge in [0.05, 0.1) is 23.3 Å². The second-order valence-corrected chi connectivity index (χ2v) is 5.90. The van der Waals surface area contributed by atoms with Crippen molar-refractivity contribution in [1.29, 1.82) is 0 Å². The molecule has 1 atom stereocenters. The quantitative estimate of drug-likeness (QED) is 0.614. The Hall–Kier alpha value is -1.82. The summed E-state index contributed by atoms with van der Waals surface area (Å²) in [6, 6.07) is 7.22. The van der Waals surface area contributed by atoms with Crippen molar-refractivity contribution in [2.75, 3.05) is 17.3 Å². The highest BCUT2D eigenvalue weighted by molar-refractivity contribution is 8.01. The molecular formula is C15H17NO4S. The van der Waals surface area contributed by atoms with Crippen LogP contribution in [0.25, 0.3) is 0 Å². The lowest BCUT2D eigenvalue weighted by Gasteiger charge is -2.15. The topological polar surface area (TPSA) is 63.7 Å². The molecule has 0 aliphatic carbocycles. The second-order valence-electron chi connectivity index (χ2n) is 4.71. The zero-order valence-corrected chi connectivity index (χ0v) is 12.8. The molecule has 2 rings (SSSR count). The van der Waals surface area contributed by atoms with Gasteiger partial charge in [0.2, 0.25) is 11.8 Å². The first-order valence-electron chi connectivity index (χ1n) is 6.73. The van der Waals surface area contributed by atoms with Gasteiger partial charge in [-0.05, 0) is 26.0 Å². The van der Waals surface area contributed by atoms with Gasteiger partial charge in [-0.2, -0.15) is 0 Å². The average molecular weight is 307 g/mol. The number of hydrogen-bond donors (Lipinski definition) is 0. The zero-order valence-electron chi connectivity index (χ0n) is 12.0. The van der Waals surface area contributed by atoms with Crippen LogP contribution in [0.4, 0.5) is 5.69 Å². The number of imide groups is 1. The van der Waals surface area contributed by atoms with Gasteiger partial charge in [0.1, 0.15) is 0 Å². The summed E-state index contributed by atoms with van der Waals surface area (Å²) in [4.78, 5) is 36.9. The number of carbonyl (C=O) groups excluding carboxylic acids is 3. The molecular weight excluding hydrogens is 290 g/mol. The molecule has 0 aromatic heterocycles. The fourth-order valence-electron chi connectivity index (χ4n) is 2.07. The maximum atomic E-state index is 12.3. The van der Waals surface area contributed by atoms with Crippen molar-refractivity contribution in [3.8, 4) is 0 Å². The van der Waals surface area contributed by atoms with E-state index in [9.17, 15) is 14.4 Å². The number of ether oxygens (including phenoxy) is 1. The van der Waals surface area contributed by atoms with E-state index in [4.69, 9.17) is 4.74 Å². The zero-order chi connectivity index (χ0) is 15.4. The Morgan fingerprint density at radius 3 is 2.62 bits per heavy atom. The summed E-state index contributed by atoms with van der Waals surface area (Å²) in [6.07, 6.45) is 0.122. The highest BCUT2D eigenvalue weighted by atomic mass is 32.2. The lowest BCUT2D eigenvalue weighted by Crippen LogP contribution is -2.31.